The molecule has 1 heterocycles. The zero-order chi connectivity index (χ0) is 19.5. The number of aryl methyl sites for hydroxylation is 2. The van der Waals surface area contributed by atoms with E-state index in [1.807, 2.05) is 18.2 Å². The van der Waals surface area contributed by atoms with Gasteiger partial charge in [0.1, 0.15) is 0 Å². The molecule has 0 aliphatic carbocycles. The van der Waals surface area contributed by atoms with E-state index in [0.29, 0.717) is 5.56 Å². The Morgan fingerprint density at radius 3 is 2.07 bits per heavy atom. The summed E-state index contributed by atoms with van der Waals surface area (Å²) in [6, 6.07) is 8.06. The lowest BCUT2D eigenvalue weighted by Crippen LogP contribution is -2.01. The Morgan fingerprint density at radius 1 is 0.889 bits per heavy atom. The van der Waals surface area contributed by atoms with Crippen LogP contribution < -0.4 is 0 Å². The minimum absolute atomic E-state index is 0.273. The summed E-state index contributed by atoms with van der Waals surface area (Å²) >= 11 is 0. The third-order valence-electron chi connectivity index (χ3n) is 5.60. The molecule has 0 spiro atoms. The molecule has 0 radical (unpaired) electrons. The van der Waals surface area contributed by atoms with Crippen LogP contribution in [0.25, 0.3) is 10.9 Å². The molecular weight excluding hydrogens is 334 g/mol. The van der Waals surface area contributed by atoms with Gasteiger partial charge in [0.15, 0.2) is 0 Å². The van der Waals surface area contributed by atoms with Gasteiger partial charge in [-0.3, -0.25) is 0 Å². The first-order chi connectivity index (χ1) is 13.2. The SMILES string of the molecule is CCCCCCCCCCCCCc1cc2ccc(C(=O)OC)cc2n1C. The highest BCUT2D eigenvalue weighted by atomic mass is 16.5. The number of hydrogen-bond acceptors (Lipinski definition) is 2. The molecule has 150 valence electrons. The lowest BCUT2D eigenvalue weighted by molar-refractivity contribution is 0.0601. The minimum Gasteiger partial charge on any atom is -0.465 e. The Bertz CT molecular complexity index is 702. The molecule has 0 fully saturated rings. The first-order valence-corrected chi connectivity index (χ1v) is 10.8. The topological polar surface area (TPSA) is 31.2 Å². The van der Waals surface area contributed by atoms with Crippen LogP contribution in [-0.2, 0) is 18.2 Å². The molecule has 0 saturated heterocycles. The van der Waals surface area contributed by atoms with Gasteiger partial charge in [0.2, 0.25) is 0 Å². The molecule has 2 rings (SSSR count). The zero-order valence-electron chi connectivity index (χ0n) is 17.6. The molecular formula is C24H37NO2. The molecule has 0 saturated carbocycles. The van der Waals surface area contributed by atoms with Crippen molar-refractivity contribution in [1.82, 2.24) is 4.57 Å². The largest absolute Gasteiger partial charge is 0.465 e. The summed E-state index contributed by atoms with van der Waals surface area (Å²) < 4.78 is 7.05. The van der Waals surface area contributed by atoms with E-state index in [1.165, 1.54) is 88.8 Å². The van der Waals surface area contributed by atoms with Crippen molar-refractivity contribution in [2.75, 3.05) is 7.11 Å². The highest BCUT2D eigenvalue weighted by molar-refractivity contribution is 5.94. The highest BCUT2D eigenvalue weighted by Gasteiger charge is 2.10. The highest BCUT2D eigenvalue weighted by Crippen LogP contribution is 2.22. The van der Waals surface area contributed by atoms with Crippen LogP contribution in [0.2, 0.25) is 0 Å². The number of esters is 1. The van der Waals surface area contributed by atoms with Crippen molar-refractivity contribution in [1.29, 1.82) is 0 Å². The first-order valence-electron chi connectivity index (χ1n) is 10.8. The van der Waals surface area contributed by atoms with Crippen molar-refractivity contribution in [3.63, 3.8) is 0 Å². The Morgan fingerprint density at radius 2 is 1.48 bits per heavy atom. The molecule has 0 aliphatic rings. The van der Waals surface area contributed by atoms with E-state index in [-0.39, 0.29) is 5.97 Å². The monoisotopic (exact) mass is 371 g/mol. The summed E-state index contributed by atoms with van der Waals surface area (Å²) in [7, 11) is 3.52. The molecule has 2 aromatic rings. The van der Waals surface area contributed by atoms with Gasteiger partial charge >= 0.3 is 5.97 Å². The van der Waals surface area contributed by atoms with Gasteiger partial charge in [-0.05, 0) is 36.4 Å². The van der Waals surface area contributed by atoms with Crippen LogP contribution in [0.1, 0.15) is 93.6 Å². The molecule has 0 atom stereocenters. The molecule has 27 heavy (non-hydrogen) atoms. The predicted molar refractivity (Wildman–Crippen MR) is 114 cm³/mol. The number of hydrogen-bond donors (Lipinski definition) is 0. The van der Waals surface area contributed by atoms with Gasteiger partial charge in [0.25, 0.3) is 0 Å². The van der Waals surface area contributed by atoms with E-state index in [9.17, 15) is 4.79 Å². The lowest BCUT2D eigenvalue weighted by Gasteiger charge is -2.06. The number of aromatic nitrogens is 1. The maximum Gasteiger partial charge on any atom is 0.337 e. The van der Waals surface area contributed by atoms with Crippen molar-refractivity contribution in [2.24, 2.45) is 7.05 Å². The van der Waals surface area contributed by atoms with Crippen molar-refractivity contribution in [3.8, 4) is 0 Å². The third-order valence-corrected chi connectivity index (χ3v) is 5.60. The quantitative estimate of drug-likeness (QED) is 0.286. The van der Waals surface area contributed by atoms with E-state index >= 15 is 0 Å². The van der Waals surface area contributed by atoms with Crippen LogP contribution >= 0.6 is 0 Å². The van der Waals surface area contributed by atoms with E-state index in [2.05, 4.69) is 24.6 Å². The predicted octanol–water partition coefficient (Wildman–Crippen LogP) is 6.82. The van der Waals surface area contributed by atoms with Crippen LogP contribution in [-0.4, -0.2) is 17.6 Å². The molecule has 0 amide bonds. The van der Waals surface area contributed by atoms with E-state index in [0.717, 1.165) is 11.9 Å². The normalized spacial score (nSPS) is 11.2. The van der Waals surface area contributed by atoms with Crippen LogP contribution in [0.4, 0.5) is 0 Å². The Kier molecular flexibility index (Phi) is 9.44. The average Bonchev–Trinajstić information content (AvgIpc) is 3.00. The van der Waals surface area contributed by atoms with Crippen molar-refractivity contribution in [2.45, 2.75) is 84.0 Å². The number of nitrogens with zero attached hydrogens (tertiary/aromatic N) is 1. The van der Waals surface area contributed by atoms with Gasteiger partial charge in [-0.15, -0.1) is 0 Å². The molecule has 3 heteroatoms. The van der Waals surface area contributed by atoms with Crippen molar-refractivity contribution < 1.29 is 9.53 Å². The third kappa shape index (κ3) is 6.71. The standard InChI is InChI=1S/C24H37NO2/c1-4-5-6-7-8-9-10-11-12-13-14-15-22-18-20-16-17-21(24(26)27-3)19-23(20)25(22)2/h16-19H,4-15H2,1-3H3. The van der Waals surface area contributed by atoms with Crippen molar-refractivity contribution in [3.05, 3.63) is 35.5 Å². The van der Waals surface area contributed by atoms with Crippen LogP contribution in [0.15, 0.2) is 24.3 Å². The van der Waals surface area contributed by atoms with Gasteiger partial charge in [-0.1, -0.05) is 77.2 Å². The smallest absolute Gasteiger partial charge is 0.337 e. The number of unbranched alkanes of at least 4 members (excludes halogenated alkanes) is 10. The molecule has 0 aliphatic heterocycles. The maximum atomic E-state index is 11.7. The lowest BCUT2D eigenvalue weighted by atomic mass is 10.0. The van der Waals surface area contributed by atoms with Crippen LogP contribution in [0.5, 0.6) is 0 Å². The molecule has 0 unspecified atom stereocenters. The minimum atomic E-state index is -0.273. The van der Waals surface area contributed by atoms with E-state index in [4.69, 9.17) is 4.74 Å². The maximum absolute atomic E-state index is 11.7. The molecule has 1 aromatic carbocycles. The van der Waals surface area contributed by atoms with Crippen LogP contribution in [0.3, 0.4) is 0 Å². The number of ether oxygens (including phenoxy) is 1. The number of methoxy groups -OCH3 is 1. The van der Waals surface area contributed by atoms with Gasteiger partial charge in [-0.2, -0.15) is 0 Å². The number of benzene rings is 1. The summed E-state index contributed by atoms with van der Waals surface area (Å²) in [5.74, 6) is -0.273. The number of carbonyl (C=O) groups excluding carboxylic acids is 1. The average molecular weight is 372 g/mol. The fraction of sp³-hybridized carbons (Fsp3) is 0.625. The molecule has 3 nitrogen and oxygen atoms in total. The Balaban J connectivity index is 1.68. The van der Waals surface area contributed by atoms with E-state index in [1.54, 1.807) is 0 Å². The second-order valence-electron chi connectivity index (χ2n) is 7.75. The number of rotatable bonds is 13. The molecule has 1 aromatic heterocycles. The number of fused-ring (bicyclic) bond motifs is 1. The fourth-order valence-corrected chi connectivity index (χ4v) is 3.84. The Labute approximate surface area is 165 Å². The van der Waals surface area contributed by atoms with Crippen molar-refractivity contribution >= 4 is 16.9 Å². The van der Waals surface area contributed by atoms with Gasteiger partial charge in [-0.25, -0.2) is 4.79 Å². The summed E-state index contributed by atoms with van der Waals surface area (Å²) in [5.41, 5.74) is 3.08. The second-order valence-corrected chi connectivity index (χ2v) is 7.75. The summed E-state index contributed by atoms with van der Waals surface area (Å²) in [6.45, 7) is 2.28. The van der Waals surface area contributed by atoms with Crippen LogP contribution in [0, 0.1) is 0 Å². The summed E-state index contributed by atoms with van der Waals surface area (Å²) in [5, 5.41) is 1.20. The summed E-state index contributed by atoms with van der Waals surface area (Å²) in [4.78, 5) is 11.7. The zero-order valence-corrected chi connectivity index (χ0v) is 17.6. The van der Waals surface area contributed by atoms with E-state index < -0.39 is 0 Å². The van der Waals surface area contributed by atoms with Gasteiger partial charge < -0.3 is 9.30 Å². The first kappa shape index (κ1) is 21.5. The molecule has 0 bridgehead atoms. The fourth-order valence-electron chi connectivity index (χ4n) is 3.84. The Hall–Kier alpha value is -1.77. The molecule has 0 N–H and O–H groups in total. The second kappa shape index (κ2) is 11.8. The number of carbonyl (C=O) groups is 1. The summed E-state index contributed by atoms with van der Waals surface area (Å²) in [6.07, 6.45) is 16.2. The van der Waals surface area contributed by atoms with Gasteiger partial charge in [0, 0.05) is 18.3 Å². The van der Waals surface area contributed by atoms with Gasteiger partial charge in [0.05, 0.1) is 12.7 Å².